The molecule has 20 nitrogen and oxygen atoms in total. The van der Waals surface area contributed by atoms with Crippen molar-refractivity contribution in [2.75, 3.05) is 24.6 Å². The van der Waals surface area contributed by atoms with Crippen molar-refractivity contribution in [3.8, 4) is 0 Å². The zero-order valence-electron chi connectivity index (χ0n) is 35.3. The van der Waals surface area contributed by atoms with E-state index in [2.05, 4.69) is 31.2 Å². The third kappa shape index (κ3) is 11.1. The fourth-order valence-corrected chi connectivity index (χ4v) is 10.9. The van der Waals surface area contributed by atoms with Crippen LogP contribution < -0.4 is 38.5 Å². The van der Waals surface area contributed by atoms with Crippen molar-refractivity contribution < 1.29 is 43.5 Å². The van der Waals surface area contributed by atoms with Gasteiger partial charge in [-0.2, -0.15) is 0 Å². The van der Waals surface area contributed by atoms with Crippen LogP contribution in [0.2, 0.25) is 0 Å². The van der Waals surface area contributed by atoms with Crippen molar-refractivity contribution in [2.24, 2.45) is 17.2 Å². The number of para-hydroxylation sites is 2. The summed E-state index contributed by atoms with van der Waals surface area (Å²) in [6.07, 6.45) is 2.13. The smallest absolute Gasteiger partial charge is 0.245 e. The molecular formula is C43H53N11O9S2. The SMILES string of the molecule is NC(=O)CC[C@@H]1NC(=O)[C@@H](Cc2c[nH]c3ccccc23)NC(=O)[C@@H]2C[C@@H](O)CN2C(=O)[C@@H](N)CSSC[C@@H](C(N)=O)NC(=O)[C@H](Cc2c[nH]c3ccccc23)NC(=O)[C@@H]2CCCN2C1=O. The summed E-state index contributed by atoms with van der Waals surface area (Å²) in [5, 5.41) is 23.2. The zero-order valence-corrected chi connectivity index (χ0v) is 37.0. The molecule has 2 aromatic carbocycles. The average molecular weight is 932 g/mol. The third-order valence-electron chi connectivity index (χ3n) is 12.0. The lowest BCUT2D eigenvalue weighted by Gasteiger charge is -2.31. The summed E-state index contributed by atoms with van der Waals surface area (Å²) in [5.41, 5.74) is 20.5. The molecule has 0 spiro atoms. The van der Waals surface area contributed by atoms with E-state index in [0.717, 1.165) is 43.4 Å². The van der Waals surface area contributed by atoms with E-state index in [4.69, 9.17) is 17.2 Å². The number of nitrogens with two attached hydrogens (primary N) is 3. The first-order chi connectivity index (χ1) is 31.2. The Hall–Kier alpha value is -6.10. The zero-order chi connectivity index (χ0) is 46.4. The van der Waals surface area contributed by atoms with Crippen molar-refractivity contribution in [1.82, 2.24) is 41.0 Å². The Morgan fingerprint density at radius 3 is 1.85 bits per heavy atom. The largest absolute Gasteiger partial charge is 0.391 e. The predicted octanol–water partition coefficient (Wildman–Crippen LogP) is -1.20. The van der Waals surface area contributed by atoms with Gasteiger partial charge in [-0.15, -0.1) is 0 Å². The molecule has 8 atom stereocenters. The number of H-pyrrole nitrogens is 2. The third-order valence-corrected chi connectivity index (χ3v) is 14.5. The molecule has 5 heterocycles. The van der Waals surface area contributed by atoms with Gasteiger partial charge in [-0.3, -0.25) is 38.4 Å². The predicted molar refractivity (Wildman–Crippen MR) is 243 cm³/mol. The number of primary amides is 2. The van der Waals surface area contributed by atoms with Crippen LogP contribution in [0.5, 0.6) is 0 Å². The number of amides is 8. The quantitative estimate of drug-likeness (QED) is 0.0933. The van der Waals surface area contributed by atoms with E-state index in [-0.39, 0.29) is 63.1 Å². The molecule has 0 saturated carbocycles. The number of carbonyl (C=O) groups excluding carboxylic acids is 8. The van der Waals surface area contributed by atoms with Gasteiger partial charge in [0.25, 0.3) is 0 Å². The van der Waals surface area contributed by atoms with Crippen molar-refractivity contribution in [2.45, 2.75) is 93.3 Å². The Bertz CT molecular complexity index is 2460. The van der Waals surface area contributed by atoms with Gasteiger partial charge in [-0.05, 0) is 42.5 Å². The Balaban J connectivity index is 1.22. The second-order valence-electron chi connectivity index (χ2n) is 16.5. The first-order valence-corrected chi connectivity index (χ1v) is 23.8. The molecule has 3 saturated heterocycles. The van der Waals surface area contributed by atoms with E-state index < -0.39 is 95.7 Å². The highest BCUT2D eigenvalue weighted by atomic mass is 33.1. The van der Waals surface area contributed by atoms with E-state index >= 15 is 0 Å². The van der Waals surface area contributed by atoms with Gasteiger partial charge in [-0.25, -0.2) is 0 Å². The molecule has 3 fully saturated rings. The lowest BCUT2D eigenvalue weighted by molar-refractivity contribution is -0.143. The fourth-order valence-electron chi connectivity index (χ4n) is 8.61. The fraction of sp³-hybridized carbons (Fsp3) is 0.442. The maximum Gasteiger partial charge on any atom is 0.245 e. The van der Waals surface area contributed by atoms with Gasteiger partial charge >= 0.3 is 0 Å². The van der Waals surface area contributed by atoms with Crippen molar-refractivity contribution in [3.05, 3.63) is 72.1 Å². The van der Waals surface area contributed by atoms with E-state index in [1.54, 1.807) is 12.4 Å². The molecule has 0 bridgehead atoms. The Morgan fingerprint density at radius 2 is 1.25 bits per heavy atom. The summed E-state index contributed by atoms with van der Waals surface area (Å²) < 4.78 is 0. The van der Waals surface area contributed by atoms with Gasteiger partial charge in [0.2, 0.25) is 47.3 Å². The van der Waals surface area contributed by atoms with Gasteiger partial charge in [0.15, 0.2) is 0 Å². The van der Waals surface area contributed by atoms with Crippen LogP contribution in [-0.4, -0.2) is 145 Å². The standard InChI is InChI=1S/C43H53N11O9S2/c44-27-20-64-65-21-33(37(46)57)52-39(59)32(15-23-18-48-29-9-4-2-7-26(23)29)50-40(60)34-10-5-13-53(34)43(63)30(11-12-36(45)56)49-38(58)31(14-22-17-47-28-8-3-1-6-25(22)28)51-41(61)35-16-24(55)19-54(35)42(27)62/h1-4,6-9,17-18,24,27,30-35,47-48,55H,5,10-16,19-21,44H2,(H2,45,56)(H2,46,57)(H,49,58)(H,50,60)(H,51,61)(H,52,59)/t24-,27+,30+,31-,32+,33+,34+,35+/m1/s1. The molecule has 22 heteroatoms. The van der Waals surface area contributed by atoms with Gasteiger partial charge in [0, 0.05) is 84.5 Å². The Labute approximate surface area is 381 Å². The lowest BCUT2D eigenvalue weighted by atomic mass is 10.0. The topological polar surface area (TPSA) is 321 Å². The molecule has 13 N–H and O–H groups in total. The highest BCUT2D eigenvalue weighted by molar-refractivity contribution is 8.76. The van der Waals surface area contributed by atoms with Crippen LogP contribution in [-0.2, 0) is 51.2 Å². The van der Waals surface area contributed by atoms with Crippen LogP contribution >= 0.6 is 21.6 Å². The highest BCUT2D eigenvalue weighted by Gasteiger charge is 2.43. The van der Waals surface area contributed by atoms with Crippen LogP contribution in [0.4, 0.5) is 0 Å². The number of fused-ring (bicyclic) bond motifs is 4. The maximum absolute atomic E-state index is 14.6. The number of nitrogens with zero attached hydrogens (tertiary/aromatic N) is 2. The Kier molecular flexibility index (Phi) is 15.0. The molecule has 7 rings (SSSR count). The summed E-state index contributed by atoms with van der Waals surface area (Å²) in [5.74, 6) is -5.90. The number of rotatable bonds is 8. The van der Waals surface area contributed by atoms with Gasteiger partial charge in [-0.1, -0.05) is 58.0 Å². The van der Waals surface area contributed by atoms with Gasteiger partial charge in [0.05, 0.1) is 12.1 Å². The normalized spacial score (nSPS) is 26.9. The number of aliphatic hydroxyl groups excluding tert-OH is 1. The average Bonchev–Trinajstić information content (AvgIpc) is 4.11. The molecule has 8 amide bonds. The van der Waals surface area contributed by atoms with E-state index in [9.17, 15) is 43.5 Å². The summed E-state index contributed by atoms with van der Waals surface area (Å²) in [7, 11) is 2.25. The molecule has 2 aromatic heterocycles. The van der Waals surface area contributed by atoms with E-state index in [0.29, 0.717) is 17.5 Å². The van der Waals surface area contributed by atoms with Crippen LogP contribution in [0.1, 0.15) is 43.2 Å². The monoisotopic (exact) mass is 931 g/mol. The number of hydrogen-bond donors (Lipinski definition) is 10. The van der Waals surface area contributed by atoms with E-state index in [1.165, 1.54) is 9.80 Å². The number of carbonyl (C=O) groups is 8. The first-order valence-electron chi connectivity index (χ1n) is 21.4. The molecular weight excluding hydrogens is 879 g/mol. The Morgan fingerprint density at radius 1 is 0.692 bits per heavy atom. The first kappa shape index (κ1) is 46.9. The molecule has 3 aliphatic rings. The molecule has 65 heavy (non-hydrogen) atoms. The van der Waals surface area contributed by atoms with E-state index in [1.807, 2.05) is 48.5 Å². The number of aromatic nitrogens is 2. The number of aliphatic hydroxyl groups is 1. The lowest BCUT2D eigenvalue weighted by Crippen LogP contribution is -2.60. The molecule has 3 aliphatic heterocycles. The van der Waals surface area contributed by atoms with Gasteiger partial charge in [0.1, 0.15) is 36.3 Å². The van der Waals surface area contributed by atoms with Crippen LogP contribution in [0.3, 0.4) is 0 Å². The summed E-state index contributed by atoms with van der Waals surface area (Å²) in [6.45, 7) is -0.103. The van der Waals surface area contributed by atoms with Crippen molar-refractivity contribution in [3.63, 3.8) is 0 Å². The minimum atomic E-state index is -1.40. The van der Waals surface area contributed by atoms with Crippen LogP contribution in [0.15, 0.2) is 60.9 Å². The van der Waals surface area contributed by atoms with Crippen molar-refractivity contribution >= 4 is 90.7 Å². The maximum atomic E-state index is 14.6. The molecule has 4 aromatic rings. The summed E-state index contributed by atoms with van der Waals surface area (Å²) in [4.78, 5) is 119. The molecule has 346 valence electrons. The molecule has 0 aliphatic carbocycles. The number of nitrogens with one attached hydrogen (secondary N) is 6. The number of benzene rings is 2. The van der Waals surface area contributed by atoms with Crippen LogP contribution in [0.25, 0.3) is 21.8 Å². The summed E-state index contributed by atoms with van der Waals surface area (Å²) >= 11 is 0. The molecule has 0 unspecified atom stereocenters. The number of aromatic amines is 2. The summed E-state index contributed by atoms with van der Waals surface area (Å²) in [6, 6.07) is 6.02. The minimum Gasteiger partial charge on any atom is -0.391 e. The molecule has 0 radical (unpaired) electrons. The second kappa shape index (κ2) is 20.8. The minimum absolute atomic E-state index is 0.00725. The second-order valence-corrected chi connectivity index (χ2v) is 19.1. The van der Waals surface area contributed by atoms with Crippen molar-refractivity contribution in [1.29, 1.82) is 0 Å². The number of hydrogen-bond acceptors (Lipinski definition) is 12. The highest BCUT2D eigenvalue weighted by Crippen LogP contribution is 2.27. The van der Waals surface area contributed by atoms with Gasteiger partial charge < -0.3 is 63.3 Å². The van der Waals surface area contributed by atoms with Crippen LogP contribution in [0, 0.1) is 0 Å².